The van der Waals surface area contributed by atoms with E-state index in [4.69, 9.17) is 5.11 Å². The van der Waals surface area contributed by atoms with Crippen LogP contribution in [-0.2, 0) is 4.79 Å². The van der Waals surface area contributed by atoms with Crippen LogP contribution >= 0.6 is 0 Å². The highest BCUT2D eigenvalue weighted by molar-refractivity contribution is 5.91. The zero-order valence-corrected chi connectivity index (χ0v) is 9.28. The third kappa shape index (κ3) is 4.32. The number of carbonyl (C=O) groups excluding carboxylic acids is 1. The Balaban J connectivity index is 2.67. The first-order valence-corrected chi connectivity index (χ1v) is 5.08. The zero-order chi connectivity index (χ0) is 12.8. The summed E-state index contributed by atoms with van der Waals surface area (Å²) in [5.41, 5.74) is -0.264. The Morgan fingerprint density at radius 3 is 2.59 bits per heavy atom. The van der Waals surface area contributed by atoms with Gasteiger partial charge in [-0.25, -0.2) is 8.78 Å². The summed E-state index contributed by atoms with van der Waals surface area (Å²) < 4.78 is 26.3. The van der Waals surface area contributed by atoms with E-state index in [1.807, 2.05) is 0 Å². The summed E-state index contributed by atoms with van der Waals surface area (Å²) in [5, 5.41) is 11.3. The Morgan fingerprint density at radius 1 is 1.47 bits per heavy atom. The van der Waals surface area contributed by atoms with Crippen LogP contribution < -0.4 is 5.32 Å². The molecule has 1 amide bonds. The first-order valence-electron chi connectivity index (χ1n) is 5.08. The maximum atomic E-state index is 13.2. The highest BCUT2D eigenvalue weighted by Crippen LogP contribution is 2.13. The Bertz CT molecular complexity index is 410. The minimum absolute atomic E-state index is 0.0862. The molecule has 2 N–H and O–H groups in total. The van der Waals surface area contributed by atoms with Crippen LogP contribution in [0.3, 0.4) is 0 Å². The van der Waals surface area contributed by atoms with Gasteiger partial charge in [0.2, 0.25) is 5.91 Å². The van der Waals surface area contributed by atoms with Gasteiger partial charge in [-0.15, -0.1) is 0 Å². The van der Waals surface area contributed by atoms with Crippen molar-refractivity contribution in [2.75, 3.05) is 6.54 Å². The topological polar surface area (TPSA) is 49.3 Å². The molecule has 92 valence electrons. The third-order valence-corrected chi connectivity index (χ3v) is 1.97. The summed E-state index contributed by atoms with van der Waals surface area (Å²) >= 11 is 0. The van der Waals surface area contributed by atoms with E-state index in [1.54, 1.807) is 0 Å². The summed E-state index contributed by atoms with van der Waals surface area (Å²) in [7, 11) is 0. The van der Waals surface area contributed by atoms with Crippen molar-refractivity contribution in [3.63, 3.8) is 0 Å². The van der Waals surface area contributed by atoms with Gasteiger partial charge < -0.3 is 10.4 Å². The van der Waals surface area contributed by atoms with Gasteiger partial charge in [-0.3, -0.25) is 4.79 Å². The van der Waals surface area contributed by atoms with E-state index >= 15 is 0 Å². The molecule has 0 aromatic heterocycles. The van der Waals surface area contributed by atoms with Crippen molar-refractivity contribution >= 4 is 12.0 Å². The van der Waals surface area contributed by atoms with Crippen LogP contribution in [-0.4, -0.2) is 23.7 Å². The molecular formula is C12H13F2NO2. The van der Waals surface area contributed by atoms with Crippen LogP contribution in [0.4, 0.5) is 8.78 Å². The molecule has 3 nitrogen and oxygen atoms in total. The molecule has 1 unspecified atom stereocenters. The van der Waals surface area contributed by atoms with Crippen LogP contribution in [0.2, 0.25) is 0 Å². The number of hydrogen-bond donors (Lipinski definition) is 2. The maximum absolute atomic E-state index is 13.2. The normalized spacial score (nSPS) is 12.7. The lowest BCUT2D eigenvalue weighted by Gasteiger charge is -2.04. The number of carbonyl (C=O) groups is 1. The first kappa shape index (κ1) is 13.3. The number of halogens is 2. The second-order valence-electron chi connectivity index (χ2n) is 3.56. The molecular weight excluding hydrogens is 228 g/mol. The van der Waals surface area contributed by atoms with Crippen LogP contribution in [0.25, 0.3) is 6.08 Å². The number of hydrogen-bond acceptors (Lipinski definition) is 2. The van der Waals surface area contributed by atoms with Gasteiger partial charge in [0.25, 0.3) is 0 Å². The smallest absolute Gasteiger partial charge is 0.244 e. The molecule has 0 aliphatic heterocycles. The molecule has 1 aromatic carbocycles. The molecule has 0 heterocycles. The van der Waals surface area contributed by atoms with Crippen molar-refractivity contribution in [3.8, 4) is 0 Å². The molecule has 0 aliphatic carbocycles. The molecule has 1 rings (SSSR count). The number of nitrogens with one attached hydrogen (secondary N) is 1. The Hall–Kier alpha value is -1.75. The Labute approximate surface area is 97.8 Å². The van der Waals surface area contributed by atoms with E-state index in [-0.39, 0.29) is 12.1 Å². The quantitative estimate of drug-likeness (QED) is 0.784. The molecule has 0 bridgehead atoms. The van der Waals surface area contributed by atoms with E-state index < -0.39 is 23.6 Å². The van der Waals surface area contributed by atoms with Gasteiger partial charge in [-0.05, 0) is 25.1 Å². The van der Waals surface area contributed by atoms with E-state index in [2.05, 4.69) is 5.32 Å². The molecule has 1 atom stereocenters. The van der Waals surface area contributed by atoms with Crippen molar-refractivity contribution in [1.29, 1.82) is 0 Å². The number of amides is 1. The lowest BCUT2D eigenvalue weighted by atomic mass is 10.2. The summed E-state index contributed by atoms with van der Waals surface area (Å²) in [4.78, 5) is 11.2. The van der Waals surface area contributed by atoms with Crippen LogP contribution in [0.1, 0.15) is 12.5 Å². The van der Waals surface area contributed by atoms with Gasteiger partial charge in [0.05, 0.1) is 6.10 Å². The molecule has 0 saturated heterocycles. The average molecular weight is 241 g/mol. The molecule has 5 heteroatoms. The predicted octanol–water partition coefficient (Wildman–Crippen LogP) is 1.48. The third-order valence-electron chi connectivity index (χ3n) is 1.97. The molecule has 1 aromatic rings. The first-order chi connectivity index (χ1) is 8.00. The SMILES string of the molecule is CC(O)CNC(=O)/C=C/c1c(F)cccc1F. The lowest BCUT2D eigenvalue weighted by molar-refractivity contribution is -0.116. The molecule has 17 heavy (non-hydrogen) atoms. The second-order valence-corrected chi connectivity index (χ2v) is 3.56. The summed E-state index contributed by atoms with van der Waals surface area (Å²) in [5.74, 6) is -1.98. The van der Waals surface area contributed by atoms with Crippen molar-refractivity contribution in [1.82, 2.24) is 5.32 Å². The lowest BCUT2D eigenvalue weighted by Crippen LogP contribution is -2.28. The fourth-order valence-electron chi connectivity index (χ4n) is 1.14. The number of aliphatic hydroxyl groups is 1. The van der Waals surface area contributed by atoms with Gasteiger partial charge in [0.1, 0.15) is 11.6 Å². The van der Waals surface area contributed by atoms with Gasteiger partial charge >= 0.3 is 0 Å². The van der Waals surface area contributed by atoms with E-state index in [0.29, 0.717) is 0 Å². The minimum atomic E-state index is -0.732. The molecule has 0 saturated carbocycles. The summed E-state index contributed by atoms with van der Waals surface area (Å²) in [6.07, 6.45) is 1.41. The average Bonchev–Trinajstić information content (AvgIpc) is 2.25. The summed E-state index contributed by atoms with van der Waals surface area (Å²) in [6, 6.07) is 3.46. The summed E-state index contributed by atoms with van der Waals surface area (Å²) in [6.45, 7) is 1.60. The molecule has 0 aliphatic rings. The monoisotopic (exact) mass is 241 g/mol. The van der Waals surface area contributed by atoms with Gasteiger partial charge in [0.15, 0.2) is 0 Å². The fraction of sp³-hybridized carbons (Fsp3) is 0.250. The van der Waals surface area contributed by atoms with E-state index in [0.717, 1.165) is 24.3 Å². The van der Waals surface area contributed by atoms with Crippen LogP contribution in [0.5, 0.6) is 0 Å². The van der Waals surface area contributed by atoms with Crippen LogP contribution in [0, 0.1) is 11.6 Å². The predicted molar refractivity (Wildman–Crippen MR) is 60.1 cm³/mol. The number of benzene rings is 1. The van der Waals surface area contributed by atoms with Gasteiger partial charge in [-0.1, -0.05) is 6.07 Å². The Kier molecular flexibility index (Phi) is 4.78. The van der Waals surface area contributed by atoms with Crippen molar-refractivity contribution in [2.24, 2.45) is 0 Å². The molecule has 0 spiro atoms. The standard InChI is InChI=1S/C12H13F2NO2/c1-8(16)7-15-12(17)6-5-9-10(13)3-2-4-11(9)14/h2-6,8,16H,7H2,1H3,(H,15,17)/b6-5+. The fourth-order valence-corrected chi connectivity index (χ4v) is 1.14. The van der Waals surface area contributed by atoms with Gasteiger partial charge in [-0.2, -0.15) is 0 Å². The number of rotatable bonds is 4. The van der Waals surface area contributed by atoms with E-state index in [1.165, 1.54) is 13.0 Å². The number of aliphatic hydroxyl groups excluding tert-OH is 1. The second kappa shape index (κ2) is 6.10. The Morgan fingerprint density at radius 2 is 2.06 bits per heavy atom. The van der Waals surface area contributed by atoms with E-state index in [9.17, 15) is 13.6 Å². The van der Waals surface area contributed by atoms with Crippen molar-refractivity contribution in [2.45, 2.75) is 13.0 Å². The van der Waals surface area contributed by atoms with Crippen LogP contribution in [0.15, 0.2) is 24.3 Å². The van der Waals surface area contributed by atoms with Crippen molar-refractivity contribution in [3.05, 3.63) is 41.5 Å². The van der Waals surface area contributed by atoms with Gasteiger partial charge in [0, 0.05) is 18.2 Å². The minimum Gasteiger partial charge on any atom is -0.392 e. The highest BCUT2D eigenvalue weighted by Gasteiger charge is 2.05. The zero-order valence-electron chi connectivity index (χ0n) is 9.28. The molecule has 0 radical (unpaired) electrons. The maximum Gasteiger partial charge on any atom is 0.244 e. The highest BCUT2D eigenvalue weighted by atomic mass is 19.1. The largest absolute Gasteiger partial charge is 0.392 e. The molecule has 0 fully saturated rings. The van der Waals surface area contributed by atoms with Crippen molar-refractivity contribution < 1.29 is 18.7 Å².